The maximum Gasteiger partial charge on any atom is 0.433 e. The van der Waals surface area contributed by atoms with Gasteiger partial charge >= 0.3 is 12.3 Å². The number of halogens is 3. The Morgan fingerprint density at radius 2 is 1.70 bits per heavy atom. The number of aromatic nitrogens is 3. The fraction of sp³-hybridized carbons (Fsp3) is 0.304. The minimum Gasteiger partial charge on any atom is -0.443 e. The molecule has 0 saturated carbocycles. The van der Waals surface area contributed by atoms with Gasteiger partial charge in [-0.15, -0.1) is 0 Å². The van der Waals surface area contributed by atoms with Crippen LogP contribution < -0.4 is 5.73 Å². The molecule has 2 heterocycles. The molecule has 7 nitrogen and oxygen atoms in total. The molecular weight excluding hydrogens is 435 g/mol. The highest BCUT2D eigenvalue weighted by Crippen LogP contribution is 2.37. The predicted molar refractivity (Wildman–Crippen MR) is 118 cm³/mol. The summed E-state index contributed by atoms with van der Waals surface area (Å²) < 4.78 is 45.9. The zero-order chi connectivity index (χ0) is 24.2. The Morgan fingerprint density at radius 3 is 2.30 bits per heavy atom. The molecule has 0 unspecified atom stereocenters. The number of nitrogen functional groups attached to an aromatic ring is 1. The highest BCUT2D eigenvalue weighted by Gasteiger charge is 2.33. The van der Waals surface area contributed by atoms with Gasteiger partial charge in [0.2, 0.25) is 5.95 Å². The predicted octanol–water partition coefficient (Wildman–Crippen LogP) is 5.09. The monoisotopic (exact) mass is 459 g/mol. The van der Waals surface area contributed by atoms with Crippen LogP contribution in [0.25, 0.3) is 22.4 Å². The van der Waals surface area contributed by atoms with E-state index in [4.69, 9.17) is 10.5 Å². The summed E-state index contributed by atoms with van der Waals surface area (Å²) in [7, 11) is 0. The molecule has 2 aromatic heterocycles. The maximum atomic E-state index is 13.5. The number of rotatable bonds is 6. The third kappa shape index (κ3) is 5.57. The third-order valence-electron chi connectivity index (χ3n) is 4.94. The minimum absolute atomic E-state index is 0.0895. The lowest BCUT2D eigenvalue weighted by Gasteiger charge is -2.20. The summed E-state index contributed by atoms with van der Waals surface area (Å²) in [6.07, 6.45) is -5.20. The second-order valence-corrected chi connectivity index (χ2v) is 7.23. The molecule has 0 saturated heterocycles. The molecule has 0 atom stereocenters. The molecule has 1 amide bonds. The Labute approximate surface area is 189 Å². The van der Waals surface area contributed by atoms with Crippen LogP contribution >= 0.6 is 0 Å². The van der Waals surface area contributed by atoms with E-state index in [0.717, 1.165) is 6.07 Å². The molecule has 10 heteroatoms. The first-order chi connectivity index (χ1) is 15.6. The fourth-order valence-electron chi connectivity index (χ4n) is 3.40. The van der Waals surface area contributed by atoms with E-state index in [2.05, 4.69) is 15.0 Å². The van der Waals surface area contributed by atoms with Crippen molar-refractivity contribution in [3.63, 3.8) is 0 Å². The van der Waals surface area contributed by atoms with Crippen LogP contribution in [0.1, 0.15) is 30.9 Å². The molecule has 174 valence electrons. The van der Waals surface area contributed by atoms with E-state index in [0.29, 0.717) is 29.9 Å². The molecule has 1 aromatic carbocycles. The van der Waals surface area contributed by atoms with Crippen molar-refractivity contribution in [2.24, 2.45) is 0 Å². The highest BCUT2D eigenvalue weighted by molar-refractivity contribution is 5.83. The summed E-state index contributed by atoms with van der Waals surface area (Å²) in [5, 5.41) is 0. The van der Waals surface area contributed by atoms with Gasteiger partial charge in [-0.2, -0.15) is 13.2 Å². The van der Waals surface area contributed by atoms with Gasteiger partial charge in [-0.3, -0.25) is 0 Å². The molecule has 3 aromatic rings. The van der Waals surface area contributed by atoms with Gasteiger partial charge in [0, 0.05) is 29.9 Å². The number of aryl methyl sites for hydroxylation is 1. The van der Waals surface area contributed by atoms with Crippen LogP contribution in [0.2, 0.25) is 0 Å². The Balaban J connectivity index is 2.20. The van der Waals surface area contributed by atoms with Crippen molar-refractivity contribution >= 4 is 12.0 Å². The van der Waals surface area contributed by atoms with Crippen LogP contribution in [0.5, 0.6) is 0 Å². The lowest BCUT2D eigenvalue weighted by Crippen LogP contribution is -2.31. The Morgan fingerprint density at radius 1 is 1.03 bits per heavy atom. The van der Waals surface area contributed by atoms with E-state index in [1.54, 1.807) is 30.3 Å². The first-order valence-corrected chi connectivity index (χ1v) is 10.3. The van der Waals surface area contributed by atoms with Gasteiger partial charge < -0.3 is 15.4 Å². The largest absolute Gasteiger partial charge is 0.443 e. The van der Waals surface area contributed by atoms with E-state index < -0.39 is 18.0 Å². The number of carbonyl (C=O) groups excluding carboxylic acids is 1. The Hall–Kier alpha value is -3.69. The van der Waals surface area contributed by atoms with Crippen molar-refractivity contribution in [1.82, 2.24) is 19.9 Å². The number of hydrogen-bond acceptors (Lipinski definition) is 6. The average Bonchev–Trinajstić information content (AvgIpc) is 2.77. The number of alkyl halides is 3. The van der Waals surface area contributed by atoms with Gasteiger partial charge in [0.25, 0.3) is 0 Å². The van der Waals surface area contributed by atoms with Crippen LogP contribution in [-0.2, 0) is 17.5 Å². The van der Waals surface area contributed by atoms with Crippen molar-refractivity contribution in [3.05, 3.63) is 59.5 Å². The first kappa shape index (κ1) is 24.0. The quantitative estimate of drug-likeness (QED) is 0.552. The van der Waals surface area contributed by atoms with Crippen molar-refractivity contribution in [1.29, 1.82) is 0 Å². The number of pyridine rings is 1. The molecule has 0 fully saturated rings. The topological polar surface area (TPSA) is 94.2 Å². The first-order valence-electron chi connectivity index (χ1n) is 10.3. The molecule has 2 N–H and O–H groups in total. The lowest BCUT2D eigenvalue weighted by molar-refractivity contribution is -0.141. The molecule has 0 bridgehead atoms. The van der Waals surface area contributed by atoms with Crippen LogP contribution in [0.4, 0.5) is 23.9 Å². The number of carbonyl (C=O) groups is 1. The van der Waals surface area contributed by atoms with E-state index in [9.17, 15) is 18.0 Å². The SMILES string of the molecule is CCN(CC)C(=O)OCc1nc(N)nc(-c2ccccc2)c1-c1cc(C)nc(C(F)(F)F)c1. The Kier molecular flexibility index (Phi) is 7.15. The minimum atomic E-state index is -4.64. The van der Waals surface area contributed by atoms with Gasteiger partial charge in [-0.25, -0.2) is 19.7 Å². The van der Waals surface area contributed by atoms with Gasteiger partial charge in [0.1, 0.15) is 12.3 Å². The number of nitrogens with two attached hydrogens (primary N) is 1. The summed E-state index contributed by atoms with van der Waals surface area (Å²) in [4.78, 5) is 26.0. The normalized spacial score (nSPS) is 11.3. The maximum absolute atomic E-state index is 13.5. The molecule has 0 aliphatic carbocycles. The van der Waals surface area contributed by atoms with Crippen LogP contribution in [-0.4, -0.2) is 39.0 Å². The number of amides is 1. The van der Waals surface area contributed by atoms with Gasteiger partial charge in [-0.1, -0.05) is 30.3 Å². The summed E-state index contributed by atoms with van der Waals surface area (Å²) in [5.74, 6) is -0.0895. The highest BCUT2D eigenvalue weighted by atomic mass is 19.4. The zero-order valence-corrected chi connectivity index (χ0v) is 18.5. The third-order valence-corrected chi connectivity index (χ3v) is 4.94. The molecule has 33 heavy (non-hydrogen) atoms. The molecule has 0 aliphatic rings. The van der Waals surface area contributed by atoms with Crippen LogP contribution in [0, 0.1) is 6.92 Å². The summed E-state index contributed by atoms with van der Waals surface area (Å²) in [5.41, 5.74) is 6.69. The van der Waals surface area contributed by atoms with E-state index in [1.807, 2.05) is 13.8 Å². The standard InChI is InChI=1S/C23H24F3N5O2/c1-4-31(5-2)22(32)33-13-17-19(16-11-14(3)28-18(12-16)23(24,25)26)20(30-21(27)29-17)15-9-7-6-8-10-15/h6-12H,4-5,13H2,1-3H3,(H2,27,29,30). The van der Waals surface area contributed by atoms with Crippen LogP contribution in [0.3, 0.4) is 0 Å². The molecule has 0 aliphatic heterocycles. The van der Waals surface area contributed by atoms with Gasteiger partial charge in [0.05, 0.1) is 11.4 Å². The van der Waals surface area contributed by atoms with Crippen molar-refractivity contribution in [3.8, 4) is 22.4 Å². The van der Waals surface area contributed by atoms with Crippen LogP contribution in [0.15, 0.2) is 42.5 Å². The second kappa shape index (κ2) is 9.85. The van der Waals surface area contributed by atoms with Gasteiger partial charge in [-0.05, 0) is 38.5 Å². The molecule has 0 spiro atoms. The van der Waals surface area contributed by atoms with E-state index >= 15 is 0 Å². The van der Waals surface area contributed by atoms with E-state index in [-0.39, 0.29) is 29.5 Å². The number of nitrogens with zero attached hydrogens (tertiary/aromatic N) is 4. The summed E-state index contributed by atoms with van der Waals surface area (Å²) in [6, 6.07) is 11.3. The number of ether oxygens (including phenoxy) is 1. The average molecular weight is 459 g/mol. The Bertz CT molecular complexity index is 1130. The van der Waals surface area contributed by atoms with E-state index in [1.165, 1.54) is 17.9 Å². The molecular formula is C23H24F3N5O2. The number of hydrogen-bond donors (Lipinski definition) is 1. The number of benzene rings is 1. The molecule has 0 radical (unpaired) electrons. The fourth-order valence-corrected chi connectivity index (χ4v) is 3.40. The molecule has 3 rings (SSSR count). The van der Waals surface area contributed by atoms with Gasteiger partial charge in [0.15, 0.2) is 0 Å². The zero-order valence-electron chi connectivity index (χ0n) is 18.5. The summed E-state index contributed by atoms with van der Waals surface area (Å²) in [6.45, 7) is 5.69. The smallest absolute Gasteiger partial charge is 0.433 e. The second-order valence-electron chi connectivity index (χ2n) is 7.23. The van der Waals surface area contributed by atoms with Crippen molar-refractivity contribution < 1.29 is 22.7 Å². The van der Waals surface area contributed by atoms with Crippen molar-refractivity contribution in [2.45, 2.75) is 33.6 Å². The summed E-state index contributed by atoms with van der Waals surface area (Å²) >= 11 is 0. The van der Waals surface area contributed by atoms with Crippen molar-refractivity contribution in [2.75, 3.05) is 18.8 Å². The lowest BCUT2D eigenvalue weighted by atomic mass is 9.97. The number of anilines is 1.